The molecule has 0 spiro atoms. The summed E-state index contributed by atoms with van der Waals surface area (Å²) in [7, 11) is 1.78. The number of hydrogen-bond acceptors (Lipinski definition) is 5. The van der Waals surface area contributed by atoms with E-state index in [4.69, 9.17) is 9.47 Å². The summed E-state index contributed by atoms with van der Waals surface area (Å²) < 4.78 is 11.0. The lowest BCUT2D eigenvalue weighted by molar-refractivity contribution is 0.0888. The molecule has 0 amide bonds. The topological polar surface area (TPSA) is 67.8 Å². The highest BCUT2D eigenvalue weighted by atomic mass is 127. The molecule has 8 heteroatoms. The van der Waals surface area contributed by atoms with Gasteiger partial charge in [-0.2, -0.15) is 0 Å². The molecule has 1 aliphatic rings. The molecule has 1 aromatic rings. The SMILES string of the molecule is CN=C(NCCCOCC1CCOC1)NCc1scnc1C.I. The van der Waals surface area contributed by atoms with Gasteiger partial charge in [0.1, 0.15) is 0 Å². The van der Waals surface area contributed by atoms with Gasteiger partial charge in [-0.25, -0.2) is 4.98 Å². The number of aliphatic imine (C=N–C) groups is 1. The summed E-state index contributed by atoms with van der Waals surface area (Å²) >= 11 is 1.66. The first-order chi connectivity index (χ1) is 10.8. The zero-order valence-corrected chi connectivity index (χ0v) is 17.0. The van der Waals surface area contributed by atoms with Crippen molar-refractivity contribution in [2.45, 2.75) is 26.3 Å². The molecule has 0 aromatic carbocycles. The number of aromatic nitrogens is 1. The maximum absolute atomic E-state index is 5.68. The first-order valence-electron chi connectivity index (χ1n) is 7.78. The Balaban J connectivity index is 0.00000264. The van der Waals surface area contributed by atoms with Crippen LogP contribution in [0.4, 0.5) is 0 Å². The molecule has 0 radical (unpaired) electrons. The summed E-state index contributed by atoms with van der Waals surface area (Å²) in [5.74, 6) is 1.40. The van der Waals surface area contributed by atoms with Crippen LogP contribution in [0.2, 0.25) is 0 Å². The smallest absolute Gasteiger partial charge is 0.191 e. The van der Waals surface area contributed by atoms with E-state index in [2.05, 4.69) is 20.6 Å². The normalized spacial score (nSPS) is 17.8. The quantitative estimate of drug-likeness (QED) is 0.273. The van der Waals surface area contributed by atoms with Crippen molar-refractivity contribution in [1.82, 2.24) is 15.6 Å². The minimum absolute atomic E-state index is 0. The second kappa shape index (κ2) is 12.0. The number of rotatable bonds is 8. The lowest BCUT2D eigenvalue weighted by Gasteiger charge is -2.12. The standard InChI is InChI=1S/C15H26N4O2S.HI/c1-12-14(22-11-19-12)8-18-15(16-2)17-5-3-6-20-9-13-4-7-21-10-13;/h11,13H,3-10H2,1-2H3,(H2,16,17,18);1H. The number of thiazole rings is 1. The van der Waals surface area contributed by atoms with Gasteiger partial charge in [0, 0.05) is 37.6 Å². The zero-order chi connectivity index (χ0) is 15.6. The van der Waals surface area contributed by atoms with Crippen LogP contribution in [-0.2, 0) is 16.0 Å². The van der Waals surface area contributed by atoms with Gasteiger partial charge in [0.2, 0.25) is 0 Å². The molecule has 6 nitrogen and oxygen atoms in total. The maximum Gasteiger partial charge on any atom is 0.191 e. The Hall–Kier alpha value is -0.450. The third-order valence-corrected chi connectivity index (χ3v) is 4.56. The fourth-order valence-corrected chi connectivity index (χ4v) is 2.94. The highest BCUT2D eigenvalue weighted by Crippen LogP contribution is 2.12. The van der Waals surface area contributed by atoms with Crippen LogP contribution in [0.15, 0.2) is 10.5 Å². The van der Waals surface area contributed by atoms with Crippen molar-refractivity contribution in [2.75, 3.05) is 40.0 Å². The molecule has 0 aliphatic carbocycles. The van der Waals surface area contributed by atoms with Crippen LogP contribution >= 0.6 is 35.3 Å². The van der Waals surface area contributed by atoms with Crippen molar-refractivity contribution in [3.05, 3.63) is 16.1 Å². The van der Waals surface area contributed by atoms with E-state index >= 15 is 0 Å². The predicted molar refractivity (Wildman–Crippen MR) is 105 cm³/mol. The summed E-state index contributed by atoms with van der Waals surface area (Å²) in [6, 6.07) is 0. The summed E-state index contributed by atoms with van der Waals surface area (Å²) in [6.07, 6.45) is 2.10. The summed E-state index contributed by atoms with van der Waals surface area (Å²) in [4.78, 5) is 9.70. The van der Waals surface area contributed by atoms with Gasteiger partial charge >= 0.3 is 0 Å². The molecule has 2 rings (SSSR count). The molecular weight excluding hydrogens is 427 g/mol. The van der Waals surface area contributed by atoms with Crippen molar-refractivity contribution < 1.29 is 9.47 Å². The number of ether oxygens (including phenoxy) is 2. The summed E-state index contributed by atoms with van der Waals surface area (Å²) in [5.41, 5.74) is 2.95. The van der Waals surface area contributed by atoms with Crippen LogP contribution < -0.4 is 10.6 Å². The van der Waals surface area contributed by atoms with Gasteiger partial charge in [0.05, 0.1) is 31.0 Å². The van der Waals surface area contributed by atoms with Gasteiger partial charge in [-0.3, -0.25) is 4.99 Å². The molecule has 1 unspecified atom stereocenters. The number of guanidine groups is 1. The van der Waals surface area contributed by atoms with Crippen LogP contribution in [0.5, 0.6) is 0 Å². The molecule has 132 valence electrons. The number of nitrogens with one attached hydrogen (secondary N) is 2. The fourth-order valence-electron chi connectivity index (χ4n) is 2.23. The average molecular weight is 454 g/mol. The van der Waals surface area contributed by atoms with E-state index in [0.29, 0.717) is 5.92 Å². The van der Waals surface area contributed by atoms with E-state index in [1.165, 1.54) is 4.88 Å². The van der Waals surface area contributed by atoms with E-state index in [1.807, 2.05) is 12.4 Å². The van der Waals surface area contributed by atoms with E-state index < -0.39 is 0 Å². The monoisotopic (exact) mass is 454 g/mol. The fraction of sp³-hybridized carbons (Fsp3) is 0.733. The Labute approximate surface area is 159 Å². The molecule has 1 fully saturated rings. The van der Waals surface area contributed by atoms with Gasteiger partial charge in [-0.1, -0.05) is 0 Å². The molecule has 1 aliphatic heterocycles. The van der Waals surface area contributed by atoms with Gasteiger partial charge in [0.25, 0.3) is 0 Å². The second-order valence-corrected chi connectivity index (χ2v) is 6.31. The molecule has 1 aromatic heterocycles. The second-order valence-electron chi connectivity index (χ2n) is 5.37. The van der Waals surface area contributed by atoms with E-state index in [1.54, 1.807) is 18.4 Å². The lowest BCUT2D eigenvalue weighted by atomic mass is 10.1. The molecule has 0 saturated carbocycles. The summed E-state index contributed by atoms with van der Waals surface area (Å²) in [5, 5.41) is 6.60. The Bertz CT molecular complexity index is 464. The van der Waals surface area contributed by atoms with Gasteiger partial charge in [-0.15, -0.1) is 35.3 Å². The molecule has 2 heterocycles. The first kappa shape index (κ1) is 20.6. The maximum atomic E-state index is 5.68. The highest BCUT2D eigenvalue weighted by Gasteiger charge is 2.15. The Morgan fingerprint density at radius 1 is 1.52 bits per heavy atom. The van der Waals surface area contributed by atoms with Crippen molar-refractivity contribution >= 4 is 41.3 Å². The molecule has 0 bridgehead atoms. The van der Waals surface area contributed by atoms with Crippen molar-refractivity contribution in [3.63, 3.8) is 0 Å². The molecule has 1 atom stereocenters. The van der Waals surface area contributed by atoms with Crippen LogP contribution in [0, 0.1) is 12.8 Å². The molecule has 1 saturated heterocycles. The third kappa shape index (κ3) is 7.77. The number of aryl methyl sites for hydroxylation is 1. The molecule has 2 N–H and O–H groups in total. The lowest BCUT2D eigenvalue weighted by Crippen LogP contribution is -2.37. The zero-order valence-electron chi connectivity index (χ0n) is 13.8. The molecule has 23 heavy (non-hydrogen) atoms. The molecular formula is C15H27IN4O2S. The van der Waals surface area contributed by atoms with Crippen molar-refractivity contribution in [3.8, 4) is 0 Å². The van der Waals surface area contributed by atoms with Crippen LogP contribution in [-0.4, -0.2) is 51.0 Å². The largest absolute Gasteiger partial charge is 0.381 e. The number of halogens is 1. The van der Waals surface area contributed by atoms with Crippen LogP contribution in [0.1, 0.15) is 23.4 Å². The Kier molecular flexibility index (Phi) is 10.7. The van der Waals surface area contributed by atoms with Gasteiger partial charge in [0.15, 0.2) is 5.96 Å². The highest BCUT2D eigenvalue weighted by molar-refractivity contribution is 14.0. The Morgan fingerprint density at radius 3 is 3.04 bits per heavy atom. The van der Waals surface area contributed by atoms with E-state index in [0.717, 1.165) is 64.0 Å². The van der Waals surface area contributed by atoms with Gasteiger partial charge in [-0.05, 0) is 19.8 Å². The number of hydrogen-bond donors (Lipinski definition) is 2. The average Bonchev–Trinajstić information content (AvgIpc) is 3.17. The summed E-state index contributed by atoms with van der Waals surface area (Å²) in [6.45, 7) is 6.96. The van der Waals surface area contributed by atoms with Crippen molar-refractivity contribution in [2.24, 2.45) is 10.9 Å². The minimum Gasteiger partial charge on any atom is -0.381 e. The predicted octanol–water partition coefficient (Wildman–Crippen LogP) is 2.18. The van der Waals surface area contributed by atoms with E-state index in [9.17, 15) is 0 Å². The van der Waals surface area contributed by atoms with Crippen LogP contribution in [0.25, 0.3) is 0 Å². The van der Waals surface area contributed by atoms with Gasteiger partial charge < -0.3 is 20.1 Å². The van der Waals surface area contributed by atoms with E-state index in [-0.39, 0.29) is 24.0 Å². The minimum atomic E-state index is 0. The third-order valence-electron chi connectivity index (χ3n) is 3.62. The van der Waals surface area contributed by atoms with Crippen LogP contribution in [0.3, 0.4) is 0 Å². The number of nitrogens with zero attached hydrogens (tertiary/aromatic N) is 2. The van der Waals surface area contributed by atoms with Crippen molar-refractivity contribution in [1.29, 1.82) is 0 Å². The Morgan fingerprint density at radius 2 is 2.39 bits per heavy atom. The first-order valence-corrected chi connectivity index (χ1v) is 8.66.